The molecule has 1 amide bonds. The summed E-state index contributed by atoms with van der Waals surface area (Å²) in [5, 5.41) is 3.58. The molecule has 1 aliphatic rings. The summed E-state index contributed by atoms with van der Waals surface area (Å²) in [5.41, 5.74) is 0.671. The van der Waals surface area contributed by atoms with Crippen molar-refractivity contribution >= 4 is 29.1 Å². The molecule has 104 valence electrons. The number of likely N-dealkylation sites (N-methyl/N-ethyl adjacent to an activating group) is 1. The van der Waals surface area contributed by atoms with Crippen LogP contribution in [0.2, 0.25) is 10.2 Å². The van der Waals surface area contributed by atoms with Gasteiger partial charge in [0.2, 0.25) is 5.91 Å². The Kier molecular flexibility index (Phi) is 4.99. The molecule has 0 spiro atoms. The van der Waals surface area contributed by atoms with Gasteiger partial charge in [0.05, 0.1) is 23.9 Å². The number of hydrogen-bond acceptors (Lipinski definition) is 4. The molecule has 0 saturated carbocycles. The van der Waals surface area contributed by atoms with E-state index < -0.39 is 0 Å². The van der Waals surface area contributed by atoms with Crippen molar-refractivity contribution in [3.63, 3.8) is 0 Å². The summed E-state index contributed by atoms with van der Waals surface area (Å²) >= 11 is 12.0. The molecule has 1 aliphatic heterocycles. The second kappa shape index (κ2) is 6.52. The van der Waals surface area contributed by atoms with Crippen molar-refractivity contribution in [1.82, 2.24) is 15.2 Å². The average Bonchev–Trinajstić information content (AvgIpc) is 2.42. The maximum Gasteiger partial charge on any atom is 0.239 e. The first-order valence-electron chi connectivity index (χ1n) is 5.96. The summed E-state index contributed by atoms with van der Waals surface area (Å²) in [6, 6.07) is 3.03. The molecule has 7 heteroatoms. The van der Waals surface area contributed by atoms with Crippen LogP contribution in [0.15, 0.2) is 12.1 Å². The molecule has 1 aromatic heterocycles. The predicted molar refractivity (Wildman–Crippen MR) is 73.3 cm³/mol. The van der Waals surface area contributed by atoms with Crippen molar-refractivity contribution in [2.75, 3.05) is 26.8 Å². The number of carbonyl (C=O) groups is 1. The van der Waals surface area contributed by atoms with Gasteiger partial charge in [-0.05, 0) is 12.1 Å². The lowest BCUT2D eigenvalue weighted by Gasteiger charge is -2.34. The molecular weight excluding hydrogens is 289 g/mol. The number of aromatic nitrogens is 1. The van der Waals surface area contributed by atoms with E-state index in [4.69, 9.17) is 27.9 Å². The number of halogens is 2. The monoisotopic (exact) mass is 303 g/mol. The lowest BCUT2D eigenvalue weighted by atomic mass is 10.2. The molecule has 2 rings (SSSR count). The number of rotatable bonds is 3. The van der Waals surface area contributed by atoms with E-state index >= 15 is 0 Å². The Bertz CT molecular complexity index is 470. The third-order valence-electron chi connectivity index (χ3n) is 3.03. The molecule has 2 heterocycles. The van der Waals surface area contributed by atoms with E-state index in [1.807, 2.05) is 4.90 Å². The molecule has 1 N–H and O–H groups in total. The van der Waals surface area contributed by atoms with Gasteiger partial charge in [0.25, 0.3) is 0 Å². The molecule has 19 heavy (non-hydrogen) atoms. The highest BCUT2D eigenvalue weighted by Gasteiger charge is 2.29. The van der Waals surface area contributed by atoms with Gasteiger partial charge in [0.15, 0.2) is 0 Å². The van der Waals surface area contributed by atoms with E-state index in [2.05, 4.69) is 10.3 Å². The fourth-order valence-corrected chi connectivity index (χ4v) is 2.33. The summed E-state index contributed by atoms with van der Waals surface area (Å²) in [5.74, 6) is -0.0714. The zero-order valence-corrected chi connectivity index (χ0v) is 12.0. The van der Waals surface area contributed by atoms with Crippen LogP contribution in [-0.4, -0.2) is 48.6 Å². The molecule has 0 bridgehead atoms. The third-order valence-corrected chi connectivity index (χ3v) is 3.58. The minimum atomic E-state index is -0.324. The number of morpholine rings is 1. The number of nitrogens with one attached hydrogen (secondary N) is 1. The first-order chi connectivity index (χ1) is 9.11. The van der Waals surface area contributed by atoms with Gasteiger partial charge >= 0.3 is 0 Å². The van der Waals surface area contributed by atoms with Gasteiger partial charge in [0.1, 0.15) is 11.2 Å². The summed E-state index contributed by atoms with van der Waals surface area (Å²) in [6.07, 6.45) is 0. The molecule has 0 aliphatic carbocycles. The van der Waals surface area contributed by atoms with Crippen LogP contribution < -0.4 is 5.32 Å². The predicted octanol–water partition coefficient (Wildman–Crippen LogP) is 1.34. The van der Waals surface area contributed by atoms with Gasteiger partial charge < -0.3 is 10.1 Å². The van der Waals surface area contributed by atoms with Crippen molar-refractivity contribution in [2.45, 2.75) is 12.6 Å². The third kappa shape index (κ3) is 3.57. The van der Waals surface area contributed by atoms with Crippen molar-refractivity contribution in [2.24, 2.45) is 0 Å². The minimum absolute atomic E-state index is 0.0714. The summed E-state index contributed by atoms with van der Waals surface area (Å²) in [4.78, 5) is 18.0. The summed E-state index contributed by atoms with van der Waals surface area (Å²) < 4.78 is 5.35. The lowest BCUT2D eigenvalue weighted by Crippen LogP contribution is -2.52. The second-order valence-electron chi connectivity index (χ2n) is 4.24. The molecule has 1 atom stereocenters. The molecule has 0 radical (unpaired) electrons. The summed E-state index contributed by atoms with van der Waals surface area (Å²) in [6.45, 7) is 2.09. The first kappa shape index (κ1) is 14.5. The van der Waals surface area contributed by atoms with Crippen LogP contribution in [0.4, 0.5) is 0 Å². The van der Waals surface area contributed by atoms with Crippen LogP contribution in [-0.2, 0) is 16.1 Å². The fourth-order valence-electron chi connectivity index (χ4n) is 2.00. The van der Waals surface area contributed by atoms with Gasteiger partial charge in [0, 0.05) is 20.1 Å². The number of pyridine rings is 1. The first-order valence-corrected chi connectivity index (χ1v) is 6.71. The molecular formula is C12H15Cl2N3O2. The largest absolute Gasteiger partial charge is 0.378 e. The fraction of sp³-hybridized carbons (Fsp3) is 0.500. The number of hydrogen-bond donors (Lipinski definition) is 1. The van der Waals surface area contributed by atoms with E-state index in [1.165, 1.54) is 0 Å². The zero-order valence-electron chi connectivity index (χ0n) is 10.5. The highest BCUT2D eigenvalue weighted by molar-refractivity contribution is 6.32. The topological polar surface area (TPSA) is 54.5 Å². The second-order valence-corrected chi connectivity index (χ2v) is 5.03. The molecule has 5 nitrogen and oxygen atoms in total. The Morgan fingerprint density at radius 2 is 2.37 bits per heavy atom. The number of amides is 1. The van der Waals surface area contributed by atoms with Crippen LogP contribution in [0.1, 0.15) is 5.69 Å². The Labute approximate surface area is 121 Å². The van der Waals surface area contributed by atoms with Crippen LogP contribution >= 0.6 is 23.2 Å². The van der Waals surface area contributed by atoms with E-state index in [1.54, 1.807) is 19.2 Å². The van der Waals surface area contributed by atoms with Crippen LogP contribution in [0.25, 0.3) is 0 Å². The number of carbonyl (C=O) groups excluding carboxylic acids is 1. The van der Waals surface area contributed by atoms with Crippen molar-refractivity contribution in [3.8, 4) is 0 Å². The average molecular weight is 304 g/mol. The zero-order chi connectivity index (χ0) is 13.8. The standard InChI is InChI=1S/C12H15Cl2N3O2/c1-15-12(18)10-7-19-5-4-17(10)6-9-8(13)2-3-11(14)16-9/h2-3,10H,4-7H2,1H3,(H,15,18). The maximum absolute atomic E-state index is 11.8. The SMILES string of the molecule is CNC(=O)C1COCCN1Cc1nc(Cl)ccc1Cl. The van der Waals surface area contributed by atoms with E-state index in [9.17, 15) is 4.79 Å². The molecule has 1 fully saturated rings. The van der Waals surface area contributed by atoms with Gasteiger partial charge in [-0.3, -0.25) is 9.69 Å². The van der Waals surface area contributed by atoms with Gasteiger partial charge in [-0.15, -0.1) is 0 Å². The van der Waals surface area contributed by atoms with E-state index in [0.29, 0.717) is 42.2 Å². The van der Waals surface area contributed by atoms with Gasteiger partial charge in [-0.1, -0.05) is 23.2 Å². The Morgan fingerprint density at radius 1 is 1.58 bits per heavy atom. The van der Waals surface area contributed by atoms with Crippen LogP contribution in [0.3, 0.4) is 0 Å². The van der Waals surface area contributed by atoms with E-state index in [0.717, 1.165) is 0 Å². The lowest BCUT2D eigenvalue weighted by molar-refractivity contribution is -0.132. The molecule has 0 aromatic carbocycles. The van der Waals surface area contributed by atoms with Crippen molar-refractivity contribution in [3.05, 3.63) is 28.0 Å². The Balaban J connectivity index is 2.15. The van der Waals surface area contributed by atoms with Crippen molar-refractivity contribution < 1.29 is 9.53 Å². The Hall–Kier alpha value is -0.880. The summed E-state index contributed by atoms with van der Waals surface area (Å²) in [7, 11) is 1.61. The molecule has 1 saturated heterocycles. The molecule has 1 unspecified atom stereocenters. The Morgan fingerprint density at radius 3 is 3.11 bits per heavy atom. The van der Waals surface area contributed by atoms with E-state index in [-0.39, 0.29) is 11.9 Å². The van der Waals surface area contributed by atoms with Gasteiger partial charge in [-0.2, -0.15) is 0 Å². The van der Waals surface area contributed by atoms with Crippen LogP contribution in [0, 0.1) is 0 Å². The highest BCUT2D eigenvalue weighted by atomic mass is 35.5. The smallest absolute Gasteiger partial charge is 0.239 e. The molecule has 1 aromatic rings. The number of ether oxygens (including phenoxy) is 1. The van der Waals surface area contributed by atoms with Gasteiger partial charge in [-0.25, -0.2) is 4.98 Å². The normalized spacial score (nSPS) is 20.3. The highest BCUT2D eigenvalue weighted by Crippen LogP contribution is 2.20. The quantitative estimate of drug-likeness (QED) is 0.856. The van der Waals surface area contributed by atoms with Crippen molar-refractivity contribution in [1.29, 1.82) is 0 Å². The number of nitrogens with zero attached hydrogens (tertiary/aromatic N) is 2. The minimum Gasteiger partial charge on any atom is -0.378 e. The maximum atomic E-state index is 11.8. The van der Waals surface area contributed by atoms with Crippen LogP contribution in [0.5, 0.6) is 0 Å².